The zero-order valence-electron chi connectivity index (χ0n) is 17.7. The molecular formula is C25H26F4O2. The van der Waals surface area contributed by atoms with Crippen molar-refractivity contribution in [1.82, 2.24) is 0 Å². The molecule has 0 spiro atoms. The van der Waals surface area contributed by atoms with Crippen LogP contribution in [0.1, 0.15) is 39.0 Å². The molecule has 2 aromatic carbocycles. The molecule has 2 aliphatic rings. The third kappa shape index (κ3) is 3.92. The first kappa shape index (κ1) is 21.7. The SMILES string of the molecule is CCCC1=CCC2C(COc3ccc(-c4ccc(OC)c(F)c4F)c(F)c3F)CCC12. The maximum atomic E-state index is 14.7. The van der Waals surface area contributed by atoms with Crippen LogP contribution in [0.4, 0.5) is 17.6 Å². The van der Waals surface area contributed by atoms with Gasteiger partial charge in [0.25, 0.3) is 0 Å². The van der Waals surface area contributed by atoms with Gasteiger partial charge in [-0.2, -0.15) is 8.78 Å². The van der Waals surface area contributed by atoms with Crippen LogP contribution < -0.4 is 9.47 Å². The van der Waals surface area contributed by atoms with Crippen LogP contribution in [0.2, 0.25) is 0 Å². The summed E-state index contributed by atoms with van der Waals surface area (Å²) in [5.74, 6) is -4.12. The fourth-order valence-electron chi connectivity index (χ4n) is 5.13. The Labute approximate surface area is 179 Å². The molecule has 0 saturated heterocycles. The first-order chi connectivity index (χ1) is 15.0. The number of allylic oxidation sites excluding steroid dienone is 2. The van der Waals surface area contributed by atoms with E-state index >= 15 is 0 Å². The predicted molar refractivity (Wildman–Crippen MR) is 111 cm³/mol. The lowest BCUT2D eigenvalue weighted by molar-refractivity contribution is 0.200. The molecule has 2 aromatic rings. The average Bonchev–Trinajstić information content (AvgIpc) is 3.35. The Kier molecular flexibility index (Phi) is 6.26. The normalized spacial score (nSPS) is 22.4. The maximum absolute atomic E-state index is 14.7. The number of methoxy groups -OCH3 is 1. The van der Waals surface area contributed by atoms with E-state index in [1.165, 1.54) is 30.9 Å². The monoisotopic (exact) mass is 434 g/mol. The zero-order chi connectivity index (χ0) is 22.1. The first-order valence-corrected chi connectivity index (χ1v) is 10.8. The quantitative estimate of drug-likeness (QED) is 0.343. The van der Waals surface area contributed by atoms with Gasteiger partial charge < -0.3 is 9.47 Å². The zero-order valence-corrected chi connectivity index (χ0v) is 17.7. The van der Waals surface area contributed by atoms with Crippen LogP contribution in [-0.4, -0.2) is 13.7 Å². The van der Waals surface area contributed by atoms with E-state index in [0.29, 0.717) is 24.4 Å². The fraction of sp³-hybridized carbons (Fsp3) is 0.440. The molecule has 166 valence electrons. The summed E-state index contributed by atoms with van der Waals surface area (Å²) in [6, 6.07) is 4.83. The Morgan fingerprint density at radius 3 is 2.16 bits per heavy atom. The number of halogens is 4. The lowest BCUT2D eigenvalue weighted by Crippen LogP contribution is -2.19. The number of fused-ring (bicyclic) bond motifs is 1. The van der Waals surface area contributed by atoms with E-state index in [1.807, 2.05) is 0 Å². The van der Waals surface area contributed by atoms with Crippen molar-refractivity contribution < 1.29 is 27.0 Å². The molecule has 0 bridgehead atoms. The summed E-state index contributed by atoms with van der Waals surface area (Å²) in [4.78, 5) is 0. The summed E-state index contributed by atoms with van der Waals surface area (Å²) in [5.41, 5.74) is 0.791. The molecule has 0 aromatic heterocycles. The summed E-state index contributed by atoms with van der Waals surface area (Å²) < 4.78 is 68.1. The van der Waals surface area contributed by atoms with Crippen LogP contribution >= 0.6 is 0 Å². The molecule has 0 aliphatic heterocycles. The molecule has 3 atom stereocenters. The van der Waals surface area contributed by atoms with Gasteiger partial charge in [-0.3, -0.25) is 0 Å². The summed E-state index contributed by atoms with van der Waals surface area (Å²) in [5, 5.41) is 0. The van der Waals surface area contributed by atoms with E-state index in [0.717, 1.165) is 38.2 Å². The Morgan fingerprint density at radius 1 is 0.871 bits per heavy atom. The molecular weight excluding hydrogens is 408 g/mol. The number of hydrogen-bond donors (Lipinski definition) is 0. The second kappa shape index (κ2) is 8.93. The summed E-state index contributed by atoms with van der Waals surface area (Å²) in [6.45, 7) is 2.49. The van der Waals surface area contributed by atoms with Crippen molar-refractivity contribution in [2.45, 2.75) is 39.0 Å². The smallest absolute Gasteiger partial charge is 0.201 e. The highest BCUT2D eigenvalue weighted by Crippen LogP contribution is 2.49. The summed E-state index contributed by atoms with van der Waals surface area (Å²) >= 11 is 0. The van der Waals surface area contributed by atoms with Crippen molar-refractivity contribution in [3.05, 3.63) is 59.2 Å². The van der Waals surface area contributed by atoms with Crippen molar-refractivity contribution in [2.24, 2.45) is 17.8 Å². The Morgan fingerprint density at radius 2 is 1.52 bits per heavy atom. The van der Waals surface area contributed by atoms with Crippen LogP contribution in [0, 0.1) is 41.0 Å². The minimum absolute atomic E-state index is 0.209. The standard InChI is InChI=1S/C25H26F4O2/c1-3-4-14-5-7-17-15(6-8-16(14)17)13-31-21-12-10-19(23(27)25(21)29)18-9-11-20(30-2)24(28)22(18)26/h5,9-12,15-17H,3-4,6-8,13H2,1-2H3. The van der Waals surface area contributed by atoms with E-state index in [-0.39, 0.29) is 22.6 Å². The van der Waals surface area contributed by atoms with E-state index in [2.05, 4.69) is 13.0 Å². The molecule has 6 heteroatoms. The topological polar surface area (TPSA) is 18.5 Å². The Bertz CT molecular complexity index is 1000. The largest absolute Gasteiger partial charge is 0.494 e. The molecule has 0 amide bonds. The van der Waals surface area contributed by atoms with Crippen LogP contribution in [-0.2, 0) is 0 Å². The van der Waals surface area contributed by atoms with Crippen molar-refractivity contribution in [1.29, 1.82) is 0 Å². The highest BCUT2D eigenvalue weighted by molar-refractivity contribution is 5.67. The minimum Gasteiger partial charge on any atom is -0.494 e. The second-order valence-corrected chi connectivity index (χ2v) is 8.37. The summed E-state index contributed by atoms with van der Waals surface area (Å²) in [7, 11) is 1.20. The molecule has 1 saturated carbocycles. The van der Waals surface area contributed by atoms with Crippen molar-refractivity contribution in [3.63, 3.8) is 0 Å². The van der Waals surface area contributed by atoms with Gasteiger partial charge in [0.15, 0.2) is 23.1 Å². The molecule has 3 unspecified atom stereocenters. The average molecular weight is 434 g/mol. The number of hydrogen-bond acceptors (Lipinski definition) is 2. The Hall–Kier alpha value is -2.50. The van der Waals surface area contributed by atoms with Crippen LogP contribution in [0.3, 0.4) is 0 Å². The van der Waals surface area contributed by atoms with Gasteiger partial charge in [0.1, 0.15) is 0 Å². The lowest BCUT2D eigenvalue weighted by Gasteiger charge is -2.21. The van der Waals surface area contributed by atoms with Gasteiger partial charge >= 0.3 is 0 Å². The number of ether oxygens (including phenoxy) is 2. The van der Waals surface area contributed by atoms with Gasteiger partial charge in [-0.05, 0) is 67.7 Å². The predicted octanol–water partition coefficient (Wildman–Crippen LogP) is 7.07. The molecule has 4 rings (SSSR count). The van der Waals surface area contributed by atoms with Gasteiger partial charge in [0.2, 0.25) is 11.6 Å². The number of benzene rings is 2. The van der Waals surface area contributed by atoms with E-state index < -0.39 is 23.3 Å². The molecule has 0 radical (unpaired) electrons. The molecule has 2 aliphatic carbocycles. The van der Waals surface area contributed by atoms with Gasteiger partial charge in [-0.25, -0.2) is 8.78 Å². The van der Waals surface area contributed by atoms with Gasteiger partial charge in [-0.15, -0.1) is 0 Å². The first-order valence-electron chi connectivity index (χ1n) is 10.8. The molecule has 2 nitrogen and oxygen atoms in total. The fourth-order valence-corrected chi connectivity index (χ4v) is 5.13. The molecule has 31 heavy (non-hydrogen) atoms. The van der Waals surface area contributed by atoms with E-state index in [9.17, 15) is 17.6 Å². The van der Waals surface area contributed by atoms with Crippen LogP contribution in [0.25, 0.3) is 11.1 Å². The highest BCUT2D eigenvalue weighted by atomic mass is 19.2. The van der Waals surface area contributed by atoms with Crippen molar-refractivity contribution >= 4 is 0 Å². The Balaban J connectivity index is 1.49. The lowest BCUT2D eigenvalue weighted by atomic mass is 9.88. The summed E-state index contributed by atoms with van der Waals surface area (Å²) in [6.07, 6.45) is 7.73. The maximum Gasteiger partial charge on any atom is 0.201 e. The third-order valence-electron chi connectivity index (χ3n) is 6.69. The van der Waals surface area contributed by atoms with Crippen LogP contribution in [0.5, 0.6) is 11.5 Å². The van der Waals surface area contributed by atoms with Gasteiger partial charge in [0, 0.05) is 11.1 Å². The molecule has 0 N–H and O–H groups in total. The minimum atomic E-state index is -1.29. The number of rotatable bonds is 7. The van der Waals surface area contributed by atoms with E-state index in [1.54, 1.807) is 0 Å². The van der Waals surface area contributed by atoms with Crippen molar-refractivity contribution in [3.8, 4) is 22.6 Å². The molecule has 1 fully saturated rings. The molecule has 0 heterocycles. The highest BCUT2D eigenvalue weighted by Gasteiger charge is 2.40. The third-order valence-corrected chi connectivity index (χ3v) is 6.69. The van der Waals surface area contributed by atoms with Crippen molar-refractivity contribution in [2.75, 3.05) is 13.7 Å². The van der Waals surface area contributed by atoms with Crippen LogP contribution in [0.15, 0.2) is 35.9 Å². The van der Waals surface area contributed by atoms with E-state index in [4.69, 9.17) is 9.47 Å². The van der Waals surface area contributed by atoms with Gasteiger partial charge in [-0.1, -0.05) is 25.0 Å². The second-order valence-electron chi connectivity index (χ2n) is 8.37. The van der Waals surface area contributed by atoms with Gasteiger partial charge in [0.05, 0.1) is 13.7 Å².